The molecule has 1 saturated heterocycles. The fraction of sp³-hybridized carbons (Fsp3) is 0.300. The number of benzene rings is 1. The molecule has 1 aromatic carbocycles. The number of nitro benzene ring substituents is 1. The number of carbonyl (C=O) groups is 1. The van der Waals surface area contributed by atoms with Crippen molar-refractivity contribution in [1.29, 1.82) is 0 Å². The molecule has 8 nitrogen and oxygen atoms in total. The smallest absolute Gasteiger partial charge is 0.309 e. The summed E-state index contributed by atoms with van der Waals surface area (Å²) in [5.41, 5.74) is -0.555. The summed E-state index contributed by atoms with van der Waals surface area (Å²) in [7, 11) is -4.26. The maximum absolute atomic E-state index is 13.6. The van der Waals surface area contributed by atoms with Gasteiger partial charge in [0.05, 0.1) is 10.8 Å². The van der Waals surface area contributed by atoms with Gasteiger partial charge in [-0.1, -0.05) is 0 Å². The molecule has 1 aliphatic rings. The number of nitro groups is 1. The van der Waals surface area contributed by atoms with Gasteiger partial charge in [-0.15, -0.1) is 0 Å². The molecule has 108 valence electrons. The summed E-state index contributed by atoms with van der Waals surface area (Å²) in [6.45, 7) is -0.556. The van der Waals surface area contributed by atoms with Gasteiger partial charge >= 0.3 is 5.97 Å². The lowest BCUT2D eigenvalue weighted by molar-refractivity contribution is -0.385. The molecule has 20 heavy (non-hydrogen) atoms. The van der Waals surface area contributed by atoms with Crippen LogP contribution in [0.1, 0.15) is 0 Å². The van der Waals surface area contributed by atoms with Gasteiger partial charge in [0.1, 0.15) is 10.7 Å². The van der Waals surface area contributed by atoms with E-state index in [0.29, 0.717) is 12.1 Å². The number of rotatable bonds is 4. The van der Waals surface area contributed by atoms with Crippen molar-refractivity contribution >= 4 is 21.7 Å². The van der Waals surface area contributed by atoms with Crippen LogP contribution in [0.15, 0.2) is 23.1 Å². The first-order valence-electron chi connectivity index (χ1n) is 5.40. The Kier molecular flexibility index (Phi) is 3.44. The quantitative estimate of drug-likeness (QED) is 0.637. The second kappa shape index (κ2) is 4.80. The molecular formula is C10H9FN2O6S. The van der Waals surface area contributed by atoms with Crippen molar-refractivity contribution in [3.8, 4) is 0 Å². The number of non-ortho nitro benzene ring substituents is 1. The van der Waals surface area contributed by atoms with Crippen LogP contribution >= 0.6 is 0 Å². The predicted octanol–water partition coefficient (Wildman–Crippen LogP) is 0.439. The maximum atomic E-state index is 13.6. The van der Waals surface area contributed by atoms with Gasteiger partial charge in [0.15, 0.2) is 0 Å². The van der Waals surface area contributed by atoms with Crippen molar-refractivity contribution < 1.29 is 27.6 Å². The molecule has 0 saturated carbocycles. The fourth-order valence-electron chi connectivity index (χ4n) is 1.73. The second-order valence-electron chi connectivity index (χ2n) is 4.23. The average molecular weight is 304 g/mol. The van der Waals surface area contributed by atoms with Crippen LogP contribution in [0.4, 0.5) is 10.1 Å². The highest BCUT2D eigenvalue weighted by Crippen LogP contribution is 2.29. The summed E-state index contributed by atoms with van der Waals surface area (Å²) in [4.78, 5) is 19.5. The van der Waals surface area contributed by atoms with E-state index in [0.717, 1.165) is 10.4 Å². The Morgan fingerprint density at radius 2 is 2.05 bits per heavy atom. The van der Waals surface area contributed by atoms with Crippen molar-refractivity contribution in [3.63, 3.8) is 0 Å². The molecule has 1 aromatic rings. The van der Waals surface area contributed by atoms with Crippen LogP contribution in [-0.2, 0) is 14.8 Å². The Labute approximate surface area is 112 Å². The molecule has 0 aliphatic carbocycles. The van der Waals surface area contributed by atoms with Crippen LogP contribution in [0, 0.1) is 21.8 Å². The Morgan fingerprint density at radius 3 is 2.55 bits per heavy atom. The molecule has 1 aliphatic heterocycles. The largest absolute Gasteiger partial charge is 0.481 e. The SMILES string of the molecule is O=C(O)C1CN(S(=O)(=O)c2cc([N+](=O)[O-])ccc2F)C1. The van der Waals surface area contributed by atoms with E-state index in [1.165, 1.54) is 0 Å². The summed E-state index contributed by atoms with van der Waals surface area (Å²) >= 11 is 0. The number of nitrogens with zero attached hydrogens (tertiary/aromatic N) is 2. The molecule has 10 heteroatoms. The third kappa shape index (κ3) is 2.34. The lowest BCUT2D eigenvalue weighted by Crippen LogP contribution is -2.52. The number of hydrogen-bond donors (Lipinski definition) is 1. The standard InChI is InChI=1S/C10H9FN2O6S/c11-8-2-1-7(13(16)17)3-9(8)20(18,19)12-4-6(5-12)10(14)15/h1-3,6H,4-5H2,(H,14,15). The van der Waals surface area contributed by atoms with E-state index < -0.39 is 43.2 Å². The van der Waals surface area contributed by atoms with Crippen LogP contribution in [0.25, 0.3) is 0 Å². The summed E-state index contributed by atoms with van der Waals surface area (Å²) < 4.78 is 38.4. The number of carboxylic acids is 1. The average Bonchev–Trinajstić information content (AvgIpc) is 2.25. The second-order valence-corrected chi connectivity index (χ2v) is 6.14. The molecular weight excluding hydrogens is 295 g/mol. The van der Waals surface area contributed by atoms with E-state index >= 15 is 0 Å². The number of sulfonamides is 1. The van der Waals surface area contributed by atoms with Crippen LogP contribution < -0.4 is 0 Å². The Morgan fingerprint density at radius 1 is 1.45 bits per heavy atom. The fourth-order valence-corrected chi connectivity index (χ4v) is 3.35. The summed E-state index contributed by atoms with van der Waals surface area (Å²) in [5.74, 6) is -3.10. The van der Waals surface area contributed by atoms with Gasteiger partial charge in [-0.05, 0) is 6.07 Å². The lowest BCUT2D eigenvalue weighted by atomic mass is 10.0. The van der Waals surface area contributed by atoms with E-state index in [9.17, 15) is 27.7 Å². The van der Waals surface area contributed by atoms with Crippen molar-refractivity contribution in [2.45, 2.75) is 4.90 Å². The van der Waals surface area contributed by atoms with Crippen LogP contribution in [0.2, 0.25) is 0 Å². The molecule has 0 aromatic heterocycles. The molecule has 0 amide bonds. The van der Waals surface area contributed by atoms with E-state index in [1.54, 1.807) is 0 Å². The van der Waals surface area contributed by atoms with Crippen molar-refractivity contribution in [2.24, 2.45) is 5.92 Å². The zero-order valence-corrected chi connectivity index (χ0v) is 10.7. The highest BCUT2D eigenvalue weighted by Gasteiger charge is 2.41. The van der Waals surface area contributed by atoms with Gasteiger partial charge in [0.25, 0.3) is 5.69 Å². The molecule has 0 atom stereocenters. The lowest BCUT2D eigenvalue weighted by Gasteiger charge is -2.35. The molecule has 1 heterocycles. The monoisotopic (exact) mass is 304 g/mol. The topological polar surface area (TPSA) is 118 Å². The van der Waals surface area contributed by atoms with Crippen molar-refractivity contribution in [1.82, 2.24) is 4.31 Å². The van der Waals surface area contributed by atoms with Gasteiger partial charge in [-0.3, -0.25) is 14.9 Å². The van der Waals surface area contributed by atoms with Crippen LogP contribution in [0.5, 0.6) is 0 Å². The van der Waals surface area contributed by atoms with E-state index in [4.69, 9.17) is 5.11 Å². The first-order valence-corrected chi connectivity index (χ1v) is 6.84. The molecule has 2 rings (SSSR count). The minimum atomic E-state index is -4.26. The van der Waals surface area contributed by atoms with Gasteiger partial charge in [-0.25, -0.2) is 12.8 Å². The van der Waals surface area contributed by atoms with E-state index in [1.807, 2.05) is 0 Å². The minimum Gasteiger partial charge on any atom is -0.481 e. The number of aliphatic carboxylic acids is 1. The van der Waals surface area contributed by atoms with Gasteiger partial charge in [0, 0.05) is 25.2 Å². The first-order chi connectivity index (χ1) is 9.23. The molecule has 0 bridgehead atoms. The first kappa shape index (κ1) is 14.3. The number of halogens is 1. The zero-order chi connectivity index (χ0) is 15.1. The number of carboxylic acid groups (broad SMARTS) is 1. The Bertz CT molecular complexity index is 683. The maximum Gasteiger partial charge on any atom is 0.309 e. The highest BCUT2D eigenvalue weighted by molar-refractivity contribution is 7.89. The zero-order valence-electron chi connectivity index (χ0n) is 9.89. The molecule has 1 N–H and O–H groups in total. The highest BCUT2D eigenvalue weighted by atomic mass is 32.2. The molecule has 0 radical (unpaired) electrons. The Hall–Kier alpha value is -2.07. The summed E-state index contributed by atoms with van der Waals surface area (Å²) in [5, 5.41) is 19.3. The van der Waals surface area contributed by atoms with Gasteiger partial charge in [0.2, 0.25) is 10.0 Å². The third-order valence-corrected chi connectivity index (χ3v) is 4.79. The van der Waals surface area contributed by atoms with Gasteiger partial charge in [-0.2, -0.15) is 4.31 Å². The minimum absolute atomic E-state index is 0.278. The summed E-state index contributed by atoms with van der Waals surface area (Å²) in [6.07, 6.45) is 0. The van der Waals surface area contributed by atoms with Crippen molar-refractivity contribution in [3.05, 3.63) is 34.1 Å². The van der Waals surface area contributed by atoms with E-state index in [-0.39, 0.29) is 13.1 Å². The normalized spacial score (nSPS) is 16.6. The van der Waals surface area contributed by atoms with Crippen molar-refractivity contribution in [2.75, 3.05) is 13.1 Å². The molecule has 0 spiro atoms. The van der Waals surface area contributed by atoms with Crippen LogP contribution in [-0.4, -0.2) is 41.8 Å². The van der Waals surface area contributed by atoms with Gasteiger partial charge < -0.3 is 5.11 Å². The predicted molar refractivity (Wildman–Crippen MR) is 62.9 cm³/mol. The molecule has 1 fully saturated rings. The molecule has 0 unspecified atom stereocenters. The van der Waals surface area contributed by atoms with E-state index in [2.05, 4.69) is 0 Å². The third-order valence-electron chi connectivity index (χ3n) is 2.94. The number of hydrogen-bond acceptors (Lipinski definition) is 5. The summed E-state index contributed by atoms with van der Waals surface area (Å²) in [6, 6.07) is 2.17. The van der Waals surface area contributed by atoms with Crippen LogP contribution in [0.3, 0.4) is 0 Å². The Balaban J connectivity index is 2.33.